The SMILES string of the molecule is CCN(CC(C)(C)C)C(=O)CC[C@H](CC(C)C)C(=O)O. The third kappa shape index (κ3) is 8.18. The van der Waals surface area contributed by atoms with Gasteiger partial charge in [0, 0.05) is 19.5 Å². The first-order valence-electron chi connectivity index (χ1n) is 7.57. The third-order valence-electron chi connectivity index (χ3n) is 3.21. The van der Waals surface area contributed by atoms with E-state index >= 15 is 0 Å². The van der Waals surface area contributed by atoms with Crippen LogP contribution < -0.4 is 0 Å². The largest absolute Gasteiger partial charge is 0.481 e. The number of hydrogen-bond acceptors (Lipinski definition) is 2. The van der Waals surface area contributed by atoms with Crippen LogP contribution in [0.5, 0.6) is 0 Å². The van der Waals surface area contributed by atoms with Gasteiger partial charge >= 0.3 is 5.97 Å². The molecule has 0 aromatic rings. The minimum Gasteiger partial charge on any atom is -0.481 e. The Morgan fingerprint density at radius 1 is 1.20 bits per heavy atom. The Morgan fingerprint density at radius 3 is 2.10 bits per heavy atom. The van der Waals surface area contributed by atoms with Gasteiger partial charge in [-0.15, -0.1) is 0 Å². The average molecular weight is 285 g/mol. The Kier molecular flexibility index (Phi) is 7.84. The number of carbonyl (C=O) groups excluding carboxylic acids is 1. The molecule has 0 saturated carbocycles. The molecular formula is C16H31NO3. The number of aliphatic carboxylic acids is 1. The number of carbonyl (C=O) groups is 2. The van der Waals surface area contributed by atoms with Gasteiger partial charge in [-0.1, -0.05) is 34.6 Å². The van der Waals surface area contributed by atoms with Crippen molar-refractivity contribution in [3.05, 3.63) is 0 Å². The number of amides is 1. The van der Waals surface area contributed by atoms with Crippen molar-refractivity contribution in [1.82, 2.24) is 4.90 Å². The first-order chi connectivity index (χ1) is 9.06. The quantitative estimate of drug-likeness (QED) is 0.743. The van der Waals surface area contributed by atoms with Crippen LogP contribution in [0.3, 0.4) is 0 Å². The van der Waals surface area contributed by atoms with E-state index in [0.29, 0.717) is 38.3 Å². The van der Waals surface area contributed by atoms with E-state index in [1.807, 2.05) is 25.7 Å². The molecule has 0 radical (unpaired) electrons. The lowest BCUT2D eigenvalue weighted by Gasteiger charge is -2.29. The van der Waals surface area contributed by atoms with Gasteiger partial charge in [0.2, 0.25) is 5.91 Å². The molecule has 0 fully saturated rings. The Hall–Kier alpha value is -1.06. The molecule has 118 valence electrons. The van der Waals surface area contributed by atoms with E-state index in [9.17, 15) is 14.7 Å². The van der Waals surface area contributed by atoms with E-state index in [2.05, 4.69) is 20.8 Å². The first-order valence-corrected chi connectivity index (χ1v) is 7.57. The topological polar surface area (TPSA) is 57.6 Å². The molecule has 0 bridgehead atoms. The van der Waals surface area contributed by atoms with Crippen molar-refractivity contribution in [2.75, 3.05) is 13.1 Å². The summed E-state index contributed by atoms with van der Waals surface area (Å²) < 4.78 is 0. The molecule has 0 unspecified atom stereocenters. The molecule has 0 aliphatic carbocycles. The summed E-state index contributed by atoms with van der Waals surface area (Å²) in [6, 6.07) is 0. The van der Waals surface area contributed by atoms with Crippen LogP contribution in [-0.4, -0.2) is 35.0 Å². The lowest BCUT2D eigenvalue weighted by atomic mass is 9.92. The van der Waals surface area contributed by atoms with Crippen molar-refractivity contribution in [1.29, 1.82) is 0 Å². The molecule has 0 spiro atoms. The molecular weight excluding hydrogens is 254 g/mol. The highest BCUT2D eigenvalue weighted by atomic mass is 16.4. The van der Waals surface area contributed by atoms with Gasteiger partial charge in [0.1, 0.15) is 0 Å². The van der Waals surface area contributed by atoms with Crippen molar-refractivity contribution in [3.8, 4) is 0 Å². The molecule has 0 aliphatic rings. The molecule has 1 atom stereocenters. The van der Waals surface area contributed by atoms with Crippen molar-refractivity contribution in [2.45, 2.75) is 60.8 Å². The third-order valence-corrected chi connectivity index (χ3v) is 3.21. The summed E-state index contributed by atoms with van der Waals surface area (Å²) in [5, 5.41) is 9.19. The summed E-state index contributed by atoms with van der Waals surface area (Å²) >= 11 is 0. The highest BCUT2D eigenvalue weighted by molar-refractivity contribution is 5.77. The minimum atomic E-state index is -0.787. The monoisotopic (exact) mass is 285 g/mol. The second-order valence-electron chi connectivity index (χ2n) is 7.17. The van der Waals surface area contributed by atoms with Crippen LogP contribution in [0.15, 0.2) is 0 Å². The van der Waals surface area contributed by atoms with E-state index in [0.717, 1.165) is 0 Å². The molecule has 4 heteroatoms. The van der Waals surface area contributed by atoms with Gasteiger partial charge in [0.25, 0.3) is 0 Å². The lowest BCUT2D eigenvalue weighted by molar-refractivity contribution is -0.143. The minimum absolute atomic E-state index is 0.0653. The number of carboxylic acid groups (broad SMARTS) is 1. The first kappa shape index (κ1) is 18.9. The maximum atomic E-state index is 12.2. The molecule has 0 rings (SSSR count). The van der Waals surface area contributed by atoms with Crippen molar-refractivity contribution in [3.63, 3.8) is 0 Å². The number of hydrogen-bond donors (Lipinski definition) is 1. The maximum absolute atomic E-state index is 12.2. The van der Waals surface area contributed by atoms with Gasteiger partial charge in [-0.05, 0) is 31.1 Å². The van der Waals surface area contributed by atoms with E-state index in [4.69, 9.17) is 0 Å². The summed E-state index contributed by atoms with van der Waals surface area (Å²) in [6.07, 6.45) is 1.40. The van der Waals surface area contributed by atoms with Gasteiger partial charge in [-0.25, -0.2) is 0 Å². The highest BCUT2D eigenvalue weighted by Gasteiger charge is 2.23. The fourth-order valence-electron chi connectivity index (χ4n) is 2.32. The second kappa shape index (κ2) is 8.28. The summed E-state index contributed by atoms with van der Waals surface area (Å²) in [6.45, 7) is 13.7. The zero-order valence-corrected chi connectivity index (χ0v) is 13.9. The number of rotatable bonds is 8. The predicted molar refractivity (Wildman–Crippen MR) is 81.5 cm³/mol. The van der Waals surface area contributed by atoms with Gasteiger partial charge in [-0.3, -0.25) is 9.59 Å². The van der Waals surface area contributed by atoms with Crippen LogP contribution in [0, 0.1) is 17.3 Å². The van der Waals surface area contributed by atoms with Crippen molar-refractivity contribution >= 4 is 11.9 Å². The van der Waals surface area contributed by atoms with Crippen LogP contribution >= 0.6 is 0 Å². The maximum Gasteiger partial charge on any atom is 0.306 e. The molecule has 0 aromatic carbocycles. The van der Waals surface area contributed by atoms with E-state index in [1.165, 1.54) is 0 Å². The molecule has 0 aromatic heterocycles. The molecule has 0 saturated heterocycles. The lowest BCUT2D eigenvalue weighted by Crippen LogP contribution is -2.37. The Balaban J connectivity index is 4.45. The van der Waals surface area contributed by atoms with Gasteiger partial charge in [0.15, 0.2) is 0 Å². The standard InChI is InChI=1S/C16H31NO3/c1-7-17(11-16(4,5)6)14(18)9-8-13(15(19)20)10-12(2)3/h12-13H,7-11H2,1-6H3,(H,19,20)/t13-/m1/s1. The molecule has 0 heterocycles. The second-order valence-corrected chi connectivity index (χ2v) is 7.17. The summed E-state index contributed by atoms with van der Waals surface area (Å²) in [5.41, 5.74) is 0.0653. The molecule has 4 nitrogen and oxygen atoms in total. The van der Waals surface area contributed by atoms with Crippen LogP contribution in [0.2, 0.25) is 0 Å². The Bertz CT molecular complexity index is 318. The molecule has 20 heavy (non-hydrogen) atoms. The van der Waals surface area contributed by atoms with E-state index in [1.54, 1.807) is 0 Å². The molecule has 1 N–H and O–H groups in total. The predicted octanol–water partition coefficient (Wildman–Crippen LogP) is 3.41. The fraction of sp³-hybridized carbons (Fsp3) is 0.875. The van der Waals surface area contributed by atoms with Crippen LogP contribution in [0.4, 0.5) is 0 Å². The Morgan fingerprint density at radius 2 is 1.75 bits per heavy atom. The average Bonchev–Trinajstić information content (AvgIpc) is 2.29. The summed E-state index contributed by atoms with van der Waals surface area (Å²) in [7, 11) is 0. The number of carboxylic acids is 1. The molecule has 1 amide bonds. The van der Waals surface area contributed by atoms with Crippen LogP contribution in [0.25, 0.3) is 0 Å². The van der Waals surface area contributed by atoms with Gasteiger partial charge < -0.3 is 10.0 Å². The van der Waals surface area contributed by atoms with E-state index in [-0.39, 0.29) is 11.3 Å². The van der Waals surface area contributed by atoms with Crippen molar-refractivity contribution < 1.29 is 14.7 Å². The highest BCUT2D eigenvalue weighted by Crippen LogP contribution is 2.20. The van der Waals surface area contributed by atoms with Gasteiger partial charge in [-0.2, -0.15) is 0 Å². The summed E-state index contributed by atoms with van der Waals surface area (Å²) in [4.78, 5) is 25.2. The smallest absolute Gasteiger partial charge is 0.306 e. The zero-order chi connectivity index (χ0) is 15.9. The van der Waals surface area contributed by atoms with Crippen LogP contribution in [-0.2, 0) is 9.59 Å². The zero-order valence-electron chi connectivity index (χ0n) is 13.9. The van der Waals surface area contributed by atoms with Gasteiger partial charge in [0.05, 0.1) is 5.92 Å². The van der Waals surface area contributed by atoms with E-state index < -0.39 is 11.9 Å². The Labute approximate surface area is 123 Å². The molecule has 0 aliphatic heterocycles. The number of nitrogens with zero attached hydrogens (tertiary/aromatic N) is 1. The normalized spacial score (nSPS) is 13.3. The van der Waals surface area contributed by atoms with Crippen LogP contribution in [0.1, 0.15) is 60.8 Å². The summed E-state index contributed by atoms with van der Waals surface area (Å²) in [5.74, 6) is -0.793. The van der Waals surface area contributed by atoms with Crippen molar-refractivity contribution in [2.24, 2.45) is 17.3 Å². The fourth-order valence-corrected chi connectivity index (χ4v) is 2.32.